The van der Waals surface area contributed by atoms with E-state index in [9.17, 15) is 10.1 Å². The maximum Gasteiger partial charge on any atom is 0.246 e. The van der Waals surface area contributed by atoms with Crippen molar-refractivity contribution in [2.75, 3.05) is 13.1 Å². The van der Waals surface area contributed by atoms with Gasteiger partial charge in [-0.2, -0.15) is 5.26 Å². The van der Waals surface area contributed by atoms with Gasteiger partial charge in [0.2, 0.25) is 11.9 Å². The standard InChI is InChI=1S/C16H24N4O/c1-12-5-9-20(10-6-12)15-18-14(21)13(11-17)16(19-15)7-3-2-4-8-16/h12-13H,2-10H2,1H3,(H,18,19,21). The zero-order chi connectivity index (χ0) is 14.9. The lowest BCUT2D eigenvalue weighted by Crippen LogP contribution is -2.58. The van der Waals surface area contributed by atoms with Gasteiger partial charge in [0.1, 0.15) is 0 Å². The molecule has 3 aliphatic rings. The Labute approximate surface area is 126 Å². The molecule has 114 valence electrons. The van der Waals surface area contributed by atoms with E-state index in [1.54, 1.807) is 0 Å². The van der Waals surface area contributed by atoms with Crippen LogP contribution >= 0.6 is 0 Å². The summed E-state index contributed by atoms with van der Waals surface area (Å²) in [6, 6.07) is 2.21. The van der Waals surface area contributed by atoms with Crippen LogP contribution in [0.5, 0.6) is 0 Å². The van der Waals surface area contributed by atoms with Gasteiger partial charge >= 0.3 is 0 Å². The molecular formula is C16H24N4O. The van der Waals surface area contributed by atoms with Crippen molar-refractivity contribution < 1.29 is 4.79 Å². The van der Waals surface area contributed by atoms with Crippen LogP contribution in [0, 0.1) is 23.2 Å². The predicted octanol–water partition coefficient (Wildman–Crippen LogP) is 2.05. The maximum absolute atomic E-state index is 12.4. The number of nitrogens with zero attached hydrogens (tertiary/aromatic N) is 3. The number of guanidine groups is 1. The van der Waals surface area contributed by atoms with Gasteiger partial charge in [-0.25, -0.2) is 4.99 Å². The molecule has 0 radical (unpaired) electrons. The van der Waals surface area contributed by atoms with Gasteiger partial charge in [-0.3, -0.25) is 10.1 Å². The third-order valence-corrected chi connectivity index (χ3v) is 5.29. The van der Waals surface area contributed by atoms with Gasteiger partial charge in [0, 0.05) is 13.1 Å². The van der Waals surface area contributed by atoms with Gasteiger partial charge in [0.05, 0.1) is 11.6 Å². The Kier molecular flexibility index (Phi) is 3.88. The molecule has 2 fully saturated rings. The topological polar surface area (TPSA) is 68.5 Å². The summed E-state index contributed by atoms with van der Waals surface area (Å²) in [5, 5.41) is 12.3. The van der Waals surface area contributed by atoms with Crippen molar-refractivity contribution in [1.29, 1.82) is 5.26 Å². The molecule has 2 aliphatic heterocycles. The minimum atomic E-state index is -0.620. The number of hydrogen-bond acceptors (Lipinski definition) is 4. The average molecular weight is 288 g/mol. The van der Waals surface area contributed by atoms with E-state index in [1.165, 1.54) is 6.42 Å². The monoisotopic (exact) mass is 288 g/mol. The molecule has 1 spiro atoms. The number of rotatable bonds is 0. The third kappa shape index (κ3) is 2.64. The summed E-state index contributed by atoms with van der Waals surface area (Å²) in [5.74, 6) is 0.699. The number of carbonyl (C=O) groups excluding carboxylic acids is 1. The highest BCUT2D eigenvalue weighted by Crippen LogP contribution is 2.40. The van der Waals surface area contributed by atoms with E-state index < -0.39 is 11.5 Å². The molecule has 5 heteroatoms. The molecule has 1 saturated heterocycles. The summed E-state index contributed by atoms with van der Waals surface area (Å²) in [6.07, 6.45) is 7.35. The molecule has 1 amide bonds. The van der Waals surface area contributed by atoms with E-state index in [1.807, 2.05) is 0 Å². The molecule has 21 heavy (non-hydrogen) atoms. The second-order valence-electron chi connectivity index (χ2n) is 6.82. The molecule has 3 rings (SSSR count). The van der Waals surface area contributed by atoms with Crippen LogP contribution < -0.4 is 5.32 Å². The third-order valence-electron chi connectivity index (χ3n) is 5.29. The Bertz CT molecular complexity index is 479. The van der Waals surface area contributed by atoms with Crippen molar-refractivity contribution in [3.63, 3.8) is 0 Å². The number of amides is 1. The Balaban J connectivity index is 1.87. The minimum Gasteiger partial charge on any atom is -0.343 e. The van der Waals surface area contributed by atoms with Gasteiger partial charge in [-0.05, 0) is 31.6 Å². The van der Waals surface area contributed by atoms with Crippen LogP contribution in [0.4, 0.5) is 0 Å². The number of likely N-dealkylation sites (tertiary alicyclic amines) is 1. The van der Waals surface area contributed by atoms with Crippen molar-refractivity contribution in [2.24, 2.45) is 16.8 Å². The molecule has 1 saturated carbocycles. The fourth-order valence-electron chi connectivity index (χ4n) is 3.84. The zero-order valence-corrected chi connectivity index (χ0v) is 12.8. The van der Waals surface area contributed by atoms with Gasteiger partial charge in [0.15, 0.2) is 5.92 Å². The molecule has 0 bridgehead atoms. The second-order valence-corrected chi connectivity index (χ2v) is 6.82. The highest BCUT2D eigenvalue weighted by atomic mass is 16.2. The first-order valence-electron chi connectivity index (χ1n) is 8.20. The molecule has 1 N–H and O–H groups in total. The van der Waals surface area contributed by atoms with E-state index in [4.69, 9.17) is 4.99 Å². The Hall–Kier alpha value is -1.57. The molecule has 0 aromatic heterocycles. The number of hydrogen-bond donors (Lipinski definition) is 1. The number of nitrogens with one attached hydrogen (secondary N) is 1. The quantitative estimate of drug-likeness (QED) is 0.741. The Morgan fingerprint density at radius 2 is 1.95 bits per heavy atom. The highest BCUT2D eigenvalue weighted by molar-refractivity contribution is 6.02. The van der Waals surface area contributed by atoms with Crippen LogP contribution in [0.25, 0.3) is 0 Å². The summed E-state index contributed by atoms with van der Waals surface area (Å²) in [6.45, 7) is 4.17. The Morgan fingerprint density at radius 3 is 2.57 bits per heavy atom. The first-order valence-corrected chi connectivity index (χ1v) is 8.20. The van der Waals surface area contributed by atoms with Crippen LogP contribution in [-0.2, 0) is 4.79 Å². The van der Waals surface area contributed by atoms with E-state index in [-0.39, 0.29) is 5.91 Å². The zero-order valence-electron chi connectivity index (χ0n) is 12.8. The van der Waals surface area contributed by atoms with Gasteiger partial charge in [-0.15, -0.1) is 0 Å². The lowest BCUT2D eigenvalue weighted by molar-refractivity contribution is -0.125. The molecule has 1 atom stereocenters. The molecule has 1 aliphatic carbocycles. The number of nitriles is 1. The van der Waals surface area contributed by atoms with Gasteiger partial charge in [-0.1, -0.05) is 26.2 Å². The van der Waals surface area contributed by atoms with Crippen LogP contribution in [-0.4, -0.2) is 35.4 Å². The minimum absolute atomic E-state index is 0.150. The molecule has 5 nitrogen and oxygen atoms in total. The van der Waals surface area contributed by atoms with Crippen molar-refractivity contribution in [3.8, 4) is 6.07 Å². The SMILES string of the molecule is CC1CCN(C2=NC3(CCCCC3)C(C#N)C(=O)N2)CC1. The van der Waals surface area contributed by atoms with Crippen LogP contribution in [0.15, 0.2) is 4.99 Å². The molecular weight excluding hydrogens is 264 g/mol. The van der Waals surface area contributed by atoms with E-state index >= 15 is 0 Å². The van der Waals surface area contributed by atoms with E-state index in [2.05, 4.69) is 23.2 Å². The lowest BCUT2D eigenvalue weighted by atomic mass is 9.72. The van der Waals surface area contributed by atoms with Crippen molar-refractivity contribution in [3.05, 3.63) is 0 Å². The molecule has 2 heterocycles. The fraction of sp³-hybridized carbons (Fsp3) is 0.812. The lowest BCUT2D eigenvalue weighted by Gasteiger charge is -2.43. The summed E-state index contributed by atoms with van der Waals surface area (Å²) < 4.78 is 0. The summed E-state index contributed by atoms with van der Waals surface area (Å²) in [5.41, 5.74) is -0.465. The van der Waals surface area contributed by atoms with Crippen LogP contribution in [0.2, 0.25) is 0 Å². The smallest absolute Gasteiger partial charge is 0.246 e. The maximum atomic E-state index is 12.4. The molecule has 0 aromatic rings. The number of carbonyl (C=O) groups is 1. The normalized spacial score (nSPS) is 29.7. The first-order chi connectivity index (χ1) is 10.1. The highest BCUT2D eigenvalue weighted by Gasteiger charge is 2.48. The number of aliphatic imine (C=N–C) groups is 1. The summed E-state index contributed by atoms with van der Waals surface area (Å²) >= 11 is 0. The first kappa shape index (κ1) is 14.4. The average Bonchev–Trinajstić information content (AvgIpc) is 2.48. The van der Waals surface area contributed by atoms with Crippen molar-refractivity contribution in [1.82, 2.24) is 10.2 Å². The van der Waals surface area contributed by atoms with Crippen LogP contribution in [0.3, 0.4) is 0 Å². The Morgan fingerprint density at radius 1 is 1.29 bits per heavy atom. The summed E-state index contributed by atoms with van der Waals surface area (Å²) in [7, 11) is 0. The molecule has 1 unspecified atom stereocenters. The molecule has 0 aromatic carbocycles. The van der Waals surface area contributed by atoms with Crippen molar-refractivity contribution >= 4 is 11.9 Å². The largest absolute Gasteiger partial charge is 0.343 e. The van der Waals surface area contributed by atoms with E-state index in [0.717, 1.165) is 63.5 Å². The van der Waals surface area contributed by atoms with E-state index in [0.29, 0.717) is 0 Å². The predicted molar refractivity (Wildman–Crippen MR) is 80.5 cm³/mol. The fourth-order valence-corrected chi connectivity index (χ4v) is 3.84. The number of piperidine rings is 1. The van der Waals surface area contributed by atoms with Crippen molar-refractivity contribution in [2.45, 2.75) is 57.4 Å². The van der Waals surface area contributed by atoms with Crippen LogP contribution in [0.1, 0.15) is 51.9 Å². The second kappa shape index (κ2) is 5.67. The van der Waals surface area contributed by atoms with Gasteiger partial charge in [0.25, 0.3) is 0 Å². The summed E-state index contributed by atoms with van der Waals surface area (Å²) in [4.78, 5) is 19.5. The van der Waals surface area contributed by atoms with Gasteiger partial charge < -0.3 is 4.90 Å².